The third-order valence-electron chi connectivity index (χ3n) is 6.30. The molecule has 0 saturated carbocycles. The van der Waals surface area contributed by atoms with E-state index in [-0.39, 0.29) is 37.3 Å². The molecule has 182 valence electrons. The van der Waals surface area contributed by atoms with E-state index in [2.05, 4.69) is 36.5 Å². The van der Waals surface area contributed by atoms with Crippen molar-refractivity contribution in [3.05, 3.63) is 59.7 Å². The zero-order chi connectivity index (χ0) is 24.5. The van der Waals surface area contributed by atoms with Crippen LogP contribution in [0.5, 0.6) is 0 Å². The molecule has 0 spiro atoms. The molecular formula is C27H34N2O5. The van der Waals surface area contributed by atoms with Gasteiger partial charge in [-0.05, 0) is 35.1 Å². The van der Waals surface area contributed by atoms with Crippen LogP contribution in [0.3, 0.4) is 0 Å². The Bertz CT molecular complexity index is 961. The van der Waals surface area contributed by atoms with E-state index in [9.17, 15) is 14.4 Å². The highest BCUT2D eigenvalue weighted by Gasteiger charge is 2.29. The van der Waals surface area contributed by atoms with Gasteiger partial charge in [-0.3, -0.25) is 9.59 Å². The number of hydrogen-bond acceptors (Lipinski definition) is 4. The maximum Gasteiger partial charge on any atom is 0.407 e. The van der Waals surface area contributed by atoms with Crippen molar-refractivity contribution in [2.24, 2.45) is 0 Å². The monoisotopic (exact) mass is 466 g/mol. The molecule has 0 unspecified atom stereocenters. The van der Waals surface area contributed by atoms with Gasteiger partial charge >= 0.3 is 12.1 Å². The van der Waals surface area contributed by atoms with Gasteiger partial charge in [0, 0.05) is 38.4 Å². The van der Waals surface area contributed by atoms with Gasteiger partial charge in [0.05, 0.1) is 0 Å². The van der Waals surface area contributed by atoms with E-state index in [1.165, 1.54) is 16.0 Å². The average Bonchev–Trinajstić information content (AvgIpc) is 3.14. The molecule has 2 aromatic carbocycles. The van der Waals surface area contributed by atoms with Gasteiger partial charge in [0.25, 0.3) is 0 Å². The number of fused-ring (bicyclic) bond motifs is 3. The first-order valence-electron chi connectivity index (χ1n) is 12.0. The van der Waals surface area contributed by atoms with Crippen molar-refractivity contribution in [2.75, 3.05) is 20.2 Å². The zero-order valence-electron chi connectivity index (χ0n) is 20.0. The number of carboxylic acids is 1. The summed E-state index contributed by atoms with van der Waals surface area (Å²) in [6.07, 6.45) is 2.56. The lowest BCUT2D eigenvalue weighted by molar-refractivity contribution is -0.138. The molecule has 3 rings (SSSR count). The van der Waals surface area contributed by atoms with Crippen molar-refractivity contribution in [1.82, 2.24) is 10.2 Å². The Hall–Kier alpha value is -3.35. The molecular weight excluding hydrogens is 432 g/mol. The highest BCUT2D eigenvalue weighted by Crippen LogP contribution is 2.44. The number of aliphatic carboxylic acids is 1. The number of nitrogens with zero attached hydrogens (tertiary/aromatic N) is 1. The predicted octanol–water partition coefficient (Wildman–Crippen LogP) is 4.80. The van der Waals surface area contributed by atoms with E-state index < -0.39 is 12.1 Å². The van der Waals surface area contributed by atoms with Crippen LogP contribution >= 0.6 is 0 Å². The summed E-state index contributed by atoms with van der Waals surface area (Å²) in [5.74, 6) is -1.02. The van der Waals surface area contributed by atoms with Crippen LogP contribution in [0.4, 0.5) is 4.79 Å². The third kappa shape index (κ3) is 6.59. The number of carbonyl (C=O) groups excluding carboxylic acids is 2. The largest absolute Gasteiger partial charge is 0.481 e. The summed E-state index contributed by atoms with van der Waals surface area (Å²) >= 11 is 0. The number of benzene rings is 2. The quantitative estimate of drug-likeness (QED) is 0.469. The van der Waals surface area contributed by atoms with Gasteiger partial charge in [0.2, 0.25) is 5.91 Å². The minimum absolute atomic E-state index is 0.0192. The Morgan fingerprint density at radius 2 is 1.65 bits per heavy atom. The van der Waals surface area contributed by atoms with E-state index in [1.54, 1.807) is 7.05 Å². The zero-order valence-corrected chi connectivity index (χ0v) is 20.0. The van der Waals surface area contributed by atoms with E-state index in [0.717, 1.165) is 24.0 Å². The summed E-state index contributed by atoms with van der Waals surface area (Å²) in [6, 6.07) is 16.0. The molecule has 0 fully saturated rings. The maximum atomic E-state index is 12.7. The predicted molar refractivity (Wildman–Crippen MR) is 131 cm³/mol. The SMILES string of the molecule is CCCC[C@@H](CC(=O)N(C)CCCC(=O)O)NC(=O)OCC1c2ccccc2-c2ccccc21. The number of alkyl carbamates (subject to hydrolysis) is 1. The number of hydrogen-bond donors (Lipinski definition) is 2. The van der Waals surface area contributed by atoms with Gasteiger partial charge in [-0.25, -0.2) is 4.79 Å². The van der Waals surface area contributed by atoms with Crippen LogP contribution < -0.4 is 5.32 Å². The van der Waals surface area contributed by atoms with Crippen molar-refractivity contribution < 1.29 is 24.2 Å². The van der Waals surface area contributed by atoms with Gasteiger partial charge < -0.3 is 20.1 Å². The molecule has 0 bridgehead atoms. The summed E-state index contributed by atoms with van der Waals surface area (Å²) in [5.41, 5.74) is 4.64. The fraction of sp³-hybridized carbons (Fsp3) is 0.444. The van der Waals surface area contributed by atoms with Crippen LogP contribution in [0.15, 0.2) is 48.5 Å². The standard InChI is InChI=1S/C27H34N2O5/c1-3-4-10-19(17-25(30)29(2)16-9-15-26(31)32)28-27(33)34-18-24-22-13-7-5-11-20(22)21-12-6-8-14-23(21)24/h5-8,11-14,19,24H,3-4,9-10,15-18H2,1-2H3,(H,28,33)(H,31,32)/t19-/m0/s1. The Balaban J connectivity index is 1.57. The van der Waals surface area contributed by atoms with Gasteiger partial charge in [-0.15, -0.1) is 0 Å². The first-order valence-corrected chi connectivity index (χ1v) is 12.0. The van der Waals surface area contributed by atoms with E-state index in [4.69, 9.17) is 9.84 Å². The minimum Gasteiger partial charge on any atom is -0.481 e. The topological polar surface area (TPSA) is 95.9 Å². The summed E-state index contributed by atoms with van der Waals surface area (Å²) in [6.45, 7) is 2.66. The number of carbonyl (C=O) groups is 3. The van der Waals surface area contributed by atoms with Gasteiger partial charge in [0.15, 0.2) is 0 Å². The summed E-state index contributed by atoms with van der Waals surface area (Å²) in [5, 5.41) is 11.7. The third-order valence-corrected chi connectivity index (χ3v) is 6.30. The molecule has 0 aromatic heterocycles. The van der Waals surface area contributed by atoms with Gasteiger partial charge in [-0.2, -0.15) is 0 Å². The van der Waals surface area contributed by atoms with E-state index in [0.29, 0.717) is 19.4 Å². The van der Waals surface area contributed by atoms with Crippen LogP contribution in [0.2, 0.25) is 0 Å². The molecule has 0 aliphatic heterocycles. The van der Waals surface area contributed by atoms with Gasteiger partial charge in [-0.1, -0.05) is 68.3 Å². The van der Waals surface area contributed by atoms with Crippen molar-refractivity contribution >= 4 is 18.0 Å². The molecule has 0 saturated heterocycles. The van der Waals surface area contributed by atoms with Crippen molar-refractivity contribution in [2.45, 2.75) is 57.4 Å². The van der Waals surface area contributed by atoms with E-state index in [1.807, 2.05) is 24.3 Å². The molecule has 2 amide bonds. The summed E-state index contributed by atoms with van der Waals surface area (Å²) < 4.78 is 5.64. The van der Waals surface area contributed by atoms with Crippen LogP contribution in [-0.4, -0.2) is 54.2 Å². The number of carboxylic acid groups (broad SMARTS) is 1. The second-order valence-electron chi connectivity index (χ2n) is 8.83. The van der Waals surface area contributed by atoms with Crippen molar-refractivity contribution in [3.63, 3.8) is 0 Å². The second kappa shape index (κ2) is 12.2. The Morgan fingerprint density at radius 3 is 2.24 bits per heavy atom. The normalized spacial score (nSPS) is 13.0. The van der Waals surface area contributed by atoms with Crippen LogP contribution in [0.1, 0.15) is 62.5 Å². The highest BCUT2D eigenvalue weighted by atomic mass is 16.5. The highest BCUT2D eigenvalue weighted by molar-refractivity contribution is 5.79. The Labute approximate surface area is 201 Å². The molecule has 34 heavy (non-hydrogen) atoms. The molecule has 1 aliphatic rings. The second-order valence-corrected chi connectivity index (χ2v) is 8.83. The first kappa shape index (κ1) is 25.3. The Morgan fingerprint density at radius 1 is 1.03 bits per heavy atom. The van der Waals surface area contributed by atoms with Crippen LogP contribution in [0, 0.1) is 0 Å². The van der Waals surface area contributed by atoms with Crippen molar-refractivity contribution in [1.29, 1.82) is 0 Å². The fourth-order valence-corrected chi connectivity index (χ4v) is 4.44. The van der Waals surface area contributed by atoms with Crippen molar-refractivity contribution in [3.8, 4) is 11.1 Å². The molecule has 2 N–H and O–H groups in total. The van der Waals surface area contributed by atoms with E-state index >= 15 is 0 Å². The fourth-order valence-electron chi connectivity index (χ4n) is 4.44. The first-order chi connectivity index (χ1) is 16.4. The molecule has 0 heterocycles. The molecule has 1 aliphatic carbocycles. The summed E-state index contributed by atoms with van der Waals surface area (Å²) in [4.78, 5) is 37.5. The molecule has 7 heteroatoms. The minimum atomic E-state index is -0.876. The van der Waals surface area contributed by atoms with Crippen LogP contribution in [-0.2, 0) is 14.3 Å². The smallest absolute Gasteiger partial charge is 0.407 e. The Kier molecular flexibility index (Phi) is 9.08. The molecule has 7 nitrogen and oxygen atoms in total. The molecule has 0 radical (unpaired) electrons. The number of ether oxygens (including phenoxy) is 1. The number of unbranched alkanes of at least 4 members (excludes halogenated alkanes) is 1. The number of nitrogens with one attached hydrogen (secondary N) is 1. The summed E-state index contributed by atoms with van der Waals surface area (Å²) in [7, 11) is 1.66. The number of amides is 2. The lowest BCUT2D eigenvalue weighted by atomic mass is 9.98. The molecule has 2 aromatic rings. The number of rotatable bonds is 12. The maximum absolute atomic E-state index is 12.7. The van der Waals surface area contributed by atoms with Gasteiger partial charge in [0.1, 0.15) is 6.61 Å². The lowest BCUT2D eigenvalue weighted by Gasteiger charge is -2.23. The lowest BCUT2D eigenvalue weighted by Crippen LogP contribution is -2.40. The van der Waals surface area contributed by atoms with Crippen LogP contribution in [0.25, 0.3) is 11.1 Å². The average molecular weight is 467 g/mol. The molecule has 1 atom stereocenters.